The van der Waals surface area contributed by atoms with Crippen LogP contribution in [0.25, 0.3) is 11.0 Å². The minimum absolute atomic E-state index is 0.0727. The zero-order valence-electron chi connectivity index (χ0n) is 15.0. The Morgan fingerprint density at radius 2 is 1.89 bits per heavy atom. The Balaban J connectivity index is 1.80. The minimum atomic E-state index is -0.595. The Kier molecular flexibility index (Phi) is 3.84. The molecule has 0 saturated heterocycles. The van der Waals surface area contributed by atoms with Crippen LogP contribution in [0.4, 0.5) is 5.13 Å². The van der Waals surface area contributed by atoms with Crippen LogP contribution in [0.1, 0.15) is 40.2 Å². The Morgan fingerprint density at radius 3 is 2.61 bits per heavy atom. The number of fused-ring (bicyclic) bond motifs is 2. The molecular formula is C21H15N3O3S. The van der Waals surface area contributed by atoms with E-state index in [2.05, 4.69) is 17.1 Å². The van der Waals surface area contributed by atoms with Crippen molar-refractivity contribution in [3.05, 3.63) is 86.7 Å². The Labute approximate surface area is 164 Å². The second-order valence-electron chi connectivity index (χ2n) is 6.56. The third kappa shape index (κ3) is 2.40. The van der Waals surface area contributed by atoms with Crippen molar-refractivity contribution in [2.24, 2.45) is 0 Å². The topological polar surface area (TPSA) is 76.3 Å². The van der Waals surface area contributed by atoms with Gasteiger partial charge in [0, 0.05) is 0 Å². The molecule has 0 saturated carbocycles. The van der Waals surface area contributed by atoms with Crippen LogP contribution in [-0.2, 0) is 6.42 Å². The van der Waals surface area contributed by atoms with Gasteiger partial charge in [-0.15, -0.1) is 10.2 Å². The van der Waals surface area contributed by atoms with Gasteiger partial charge in [0.25, 0.3) is 5.91 Å². The first-order valence-corrected chi connectivity index (χ1v) is 9.81. The summed E-state index contributed by atoms with van der Waals surface area (Å²) in [6.45, 7) is 2.08. The molecular weight excluding hydrogens is 374 g/mol. The summed E-state index contributed by atoms with van der Waals surface area (Å²) in [5, 5.41) is 8.83. The normalized spacial score (nSPS) is 16.0. The minimum Gasteiger partial charge on any atom is -0.450 e. The number of nitrogens with zero attached hydrogens (tertiary/aromatic N) is 3. The maximum atomic E-state index is 13.3. The van der Waals surface area contributed by atoms with E-state index in [-0.39, 0.29) is 17.1 Å². The van der Waals surface area contributed by atoms with Crippen LogP contribution in [0.3, 0.4) is 0 Å². The Bertz CT molecular complexity index is 1250. The van der Waals surface area contributed by atoms with E-state index in [4.69, 9.17) is 4.42 Å². The van der Waals surface area contributed by atoms with Crippen molar-refractivity contribution >= 4 is 33.3 Å². The number of aromatic nitrogens is 2. The van der Waals surface area contributed by atoms with Crippen LogP contribution in [0.15, 0.2) is 63.3 Å². The van der Waals surface area contributed by atoms with E-state index in [1.54, 1.807) is 29.8 Å². The molecule has 0 fully saturated rings. The van der Waals surface area contributed by atoms with Gasteiger partial charge in [-0.1, -0.05) is 54.7 Å². The van der Waals surface area contributed by atoms with Crippen LogP contribution in [0.5, 0.6) is 0 Å². The lowest BCUT2D eigenvalue weighted by molar-refractivity contribution is 0.0970. The molecule has 138 valence electrons. The number of hydrogen-bond donors (Lipinski definition) is 0. The summed E-state index contributed by atoms with van der Waals surface area (Å²) >= 11 is 1.25. The van der Waals surface area contributed by atoms with Gasteiger partial charge in [-0.25, -0.2) is 0 Å². The summed E-state index contributed by atoms with van der Waals surface area (Å²) in [6.07, 6.45) is 0.910. The predicted octanol–water partition coefficient (Wildman–Crippen LogP) is 3.96. The van der Waals surface area contributed by atoms with Crippen molar-refractivity contribution in [3.63, 3.8) is 0 Å². The van der Waals surface area contributed by atoms with E-state index in [1.807, 2.05) is 24.3 Å². The van der Waals surface area contributed by atoms with Gasteiger partial charge in [-0.3, -0.25) is 14.5 Å². The molecule has 0 radical (unpaired) electrons. The number of hydrogen-bond acceptors (Lipinski definition) is 6. The lowest BCUT2D eigenvalue weighted by Crippen LogP contribution is -2.29. The third-order valence-electron chi connectivity index (χ3n) is 5.04. The highest BCUT2D eigenvalue weighted by molar-refractivity contribution is 7.13. The molecule has 3 heterocycles. The zero-order chi connectivity index (χ0) is 19.3. The molecule has 1 aliphatic heterocycles. The van der Waals surface area contributed by atoms with Crippen molar-refractivity contribution in [3.8, 4) is 0 Å². The van der Waals surface area contributed by atoms with E-state index in [0.717, 1.165) is 12.0 Å². The molecule has 0 aliphatic carbocycles. The lowest BCUT2D eigenvalue weighted by Gasteiger charge is -2.22. The van der Waals surface area contributed by atoms with Crippen LogP contribution in [0, 0.1) is 0 Å². The summed E-state index contributed by atoms with van der Waals surface area (Å²) in [7, 11) is 0. The molecule has 0 bridgehead atoms. The standard InChI is InChI=1S/C21H15N3O3S/c1-2-12-7-9-13(10-8-12)17-16-18(25)14-5-3-4-6-15(14)27-19(16)20(26)24(17)21-23-22-11-28-21/h3-11,17H,2H2,1H3. The number of para-hydroxylation sites is 1. The second-order valence-corrected chi connectivity index (χ2v) is 7.38. The molecule has 1 unspecified atom stereocenters. The number of carbonyl (C=O) groups is 1. The molecule has 1 aliphatic rings. The van der Waals surface area contributed by atoms with E-state index in [9.17, 15) is 9.59 Å². The van der Waals surface area contributed by atoms with Crippen molar-refractivity contribution in [2.45, 2.75) is 19.4 Å². The molecule has 7 heteroatoms. The molecule has 28 heavy (non-hydrogen) atoms. The van der Waals surface area contributed by atoms with Gasteiger partial charge in [-0.2, -0.15) is 0 Å². The number of amides is 1. The van der Waals surface area contributed by atoms with Gasteiger partial charge in [-0.05, 0) is 29.7 Å². The molecule has 5 rings (SSSR count). The van der Waals surface area contributed by atoms with Crippen molar-refractivity contribution in [1.82, 2.24) is 10.2 Å². The molecule has 2 aromatic heterocycles. The summed E-state index contributed by atoms with van der Waals surface area (Å²) in [5.41, 5.74) is 4.14. The average molecular weight is 389 g/mol. The third-order valence-corrected chi connectivity index (χ3v) is 5.72. The highest BCUT2D eigenvalue weighted by Gasteiger charge is 2.44. The van der Waals surface area contributed by atoms with E-state index < -0.39 is 6.04 Å². The van der Waals surface area contributed by atoms with Crippen molar-refractivity contribution < 1.29 is 9.21 Å². The monoisotopic (exact) mass is 389 g/mol. The van der Waals surface area contributed by atoms with Crippen LogP contribution in [0.2, 0.25) is 0 Å². The second kappa shape index (κ2) is 6.38. The first-order valence-electron chi connectivity index (χ1n) is 8.93. The first-order chi connectivity index (χ1) is 13.7. The first kappa shape index (κ1) is 16.8. The van der Waals surface area contributed by atoms with Gasteiger partial charge in [0.2, 0.25) is 10.9 Å². The molecule has 4 aromatic rings. The summed E-state index contributed by atoms with van der Waals surface area (Å²) in [5.74, 6) is -0.303. The summed E-state index contributed by atoms with van der Waals surface area (Å²) in [4.78, 5) is 28.1. The Hall–Kier alpha value is -3.32. The molecule has 2 aromatic carbocycles. The number of carbonyl (C=O) groups excluding carboxylic acids is 1. The molecule has 0 N–H and O–H groups in total. The summed E-state index contributed by atoms with van der Waals surface area (Å²) in [6, 6.07) is 14.3. The largest absolute Gasteiger partial charge is 0.450 e. The average Bonchev–Trinajstić information content (AvgIpc) is 3.35. The predicted molar refractivity (Wildman–Crippen MR) is 107 cm³/mol. The quantitative estimate of drug-likeness (QED) is 0.530. The van der Waals surface area contributed by atoms with Crippen LogP contribution >= 0.6 is 11.3 Å². The fraction of sp³-hybridized carbons (Fsp3) is 0.143. The molecule has 0 spiro atoms. The number of benzene rings is 2. The number of rotatable bonds is 3. The lowest BCUT2D eigenvalue weighted by atomic mass is 9.97. The Morgan fingerprint density at radius 1 is 1.11 bits per heavy atom. The fourth-order valence-corrected chi connectivity index (χ4v) is 4.22. The highest BCUT2D eigenvalue weighted by atomic mass is 32.1. The van der Waals surface area contributed by atoms with Crippen molar-refractivity contribution in [1.29, 1.82) is 0 Å². The fourth-order valence-electron chi connectivity index (χ4n) is 3.64. The van der Waals surface area contributed by atoms with Crippen molar-refractivity contribution in [2.75, 3.05) is 4.90 Å². The maximum Gasteiger partial charge on any atom is 0.297 e. The van der Waals surface area contributed by atoms with Gasteiger partial charge in [0.05, 0.1) is 17.0 Å². The smallest absolute Gasteiger partial charge is 0.297 e. The van der Waals surface area contributed by atoms with E-state index in [1.165, 1.54) is 21.8 Å². The zero-order valence-corrected chi connectivity index (χ0v) is 15.8. The molecule has 1 atom stereocenters. The highest BCUT2D eigenvalue weighted by Crippen LogP contribution is 2.41. The van der Waals surface area contributed by atoms with Gasteiger partial charge in [0.15, 0.2) is 5.43 Å². The molecule has 1 amide bonds. The number of anilines is 1. The van der Waals surface area contributed by atoms with Gasteiger partial charge >= 0.3 is 0 Å². The van der Waals surface area contributed by atoms with Gasteiger partial charge < -0.3 is 4.42 Å². The SMILES string of the molecule is CCc1ccc(C2c3c(oc4ccccc4c3=O)C(=O)N2c2nncs2)cc1. The summed E-state index contributed by atoms with van der Waals surface area (Å²) < 4.78 is 5.89. The van der Waals surface area contributed by atoms with E-state index >= 15 is 0 Å². The van der Waals surface area contributed by atoms with Crippen LogP contribution < -0.4 is 10.3 Å². The van der Waals surface area contributed by atoms with Gasteiger partial charge in [0.1, 0.15) is 11.1 Å². The van der Waals surface area contributed by atoms with E-state index in [0.29, 0.717) is 21.7 Å². The number of aryl methyl sites for hydroxylation is 1. The maximum absolute atomic E-state index is 13.3. The molecule has 6 nitrogen and oxygen atoms in total. The van der Waals surface area contributed by atoms with Crippen LogP contribution in [-0.4, -0.2) is 16.1 Å².